The summed E-state index contributed by atoms with van der Waals surface area (Å²) in [5.41, 5.74) is 2.93. The van der Waals surface area contributed by atoms with Gasteiger partial charge >= 0.3 is 0 Å². The standard InChI is InChI=1S/C19H23N3O3/c1-4-18(23)21-14-9-7-10-15(13(14)2)22-19(24)12-20-16-8-5-6-11-17(16)25-3/h5-11,20H,4,12H2,1-3H3,(H,21,23)(H,22,24). The van der Waals surface area contributed by atoms with Gasteiger partial charge in [0, 0.05) is 17.8 Å². The van der Waals surface area contributed by atoms with Crippen molar-refractivity contribution in [3.8, 4) is 5.75 Å². The number of ether oxygens (including phenoxy) is 1. The molecule has 0 radical (unpaired) electrons. The van der Waals surface area contributed by atoms with Crippen LogP contribution in [0.1, 0.15) is 18.9 Å². The van der Waals surface area contributed by atoms with E-state index in [4.69, 9.17) is 4.74 Å². The fourth-order valence-electron chi connectivity index (χ4n) is 2.31. The Morgan fingerprint density at radius 1 is 0.920 bits per heavy atom. The number of hydrogen-bond acceptors (Lipinski definition) is 4. The van der Waals surface area contributed by atoms with Gasteiger partial charge in [-0.3, -0.25) is 9.59 Å². The molecule has 0 aliphatic rings. The van der Waals surface area contributed by atoms with Crippen LogP contribution in [0, 0.1) is 6.92 Å². The quantitative estimate of drug-likeness (QED) is 0.721. The average Bonchev–Trinajstić information content (AvgIpc) is 2.63. The van der Waals surface area contributed by atoms with Crippen molar-refractivity contribution >= 4 is 28.9 Å². The summed E-state index contributed by atoms with van der Waals surface area (Å²) >= 11 is 0. The van der Waals surface area contributed by atoms with Crippen molar-refractivity contribution in [3.63, 3.8) is 0 Å². The van der Waals surface area contributed by atoms with Gasteiger partial charge in [0.25, 0.3) is 0 Å². The second-order valence-corrected chi connectivity index (χ2v) is 5.48. The van der Waals surface area contributed by atoms with Crippen LogP contribution < -0.4 is 20.7 Å². The fraction of sp³-hybridized carbons (Fsp3) is 0.263. The molecule has 6 nitrogen and oxygen atoms in total. The van der Waals surface area contributed by atoms with Gasteiger partial charge in [-0.15, -0.1) is 0 Å². The van der Waals surface area contributed by atoms with Crippen molar-refractivity contribution in [1.29, 1.82) is 0 Å². The van der Waals surface area contributed by atoms with Crippen molar-refractivity contribution in [2.75, 3.05) is 29.6 Å². The Hall–Kier alpha value is -3.02. The van der Waals surface area contributed by atoms with Crippen LogP contribution in [0.3, 0.4) is 0 Å². The Labute approximate surface area is 147 Å². The summed E-state index contributed by atoms with van der Waals surface area (Å²) < 4.78 is 5.24. The van der Waals surface area contributed by atoms with Crippen LogP contribution in [0.25, 0.3) is 0 Å². The molecule has 2 amide bonds. The third kappa shape index (κ3) is 4.97. The first-order valence-electron chi connectivity index (χ1n) is 8.11. The molecule has 0 fully saturated rings. The van der Waals surface area contributed by atoms with Crippen LogP contribution in [0.5, 0.6) is 5.75 Å². The summed E-state index contributed by atoms with van der Waals surface area (Å²) in [6, 6.07) is 12.8. The number of carbonyl (C=O) groups excluding carboxylic acids is 2. The van der Waals surface area contributed by atoms with E-state index in [1.165, 1.54) is 0 Å². The molecular formula is C19H23N3O3. The molecule has 0 spiro atoms. The minimum Gasteiger partial charge on any atom is -0.495 e. The first-order chi connectivity index (χ1) is 12.0. The molecule has 2 aromatic carbocycles. The van der Waals surface area contributed by atoms with Crippen molar-refractivity contribution in [3.05, 3.63) is 48.0 Å². The summed E-state index contributed by atoms with van der Waals surface area (Å²) in [5.74, 6) is 0.424. The smallest absolute Gasteiger partial charge is 0.243 e. The molecule has 0 aliphatic heterocycles. The highest BCUT2D eigenvalue weighted by atomic mass is 16.5. The Kier molecular flexibility index (Phi) is 6.39. The number of para-hydroxylation sites is 2. The lowest BCUT2D eigenvalue weighted by molar-refractivity contribution is -0.116. The Bertz CT molecular complexity index is 759. The van der Waals surface area contributed by atoms with Gasteiger partial charge in [0.1, 0.15) is 5.75 Å². The molecule has 132 valence electrons. The molecule has 0 bridgehead atoms. The van der Waals surface area contributed by atoms with Crippen LogP contribution in [0.2, 0.25) is 0 Å². The number of methoxy groups -OCH3 is 1. The zero-order valence-corrected chi connectivity index (χ0v) is 14.7. The third-order valence-electron chi connectivity index (χ3n) is 3.75. The summed E-state index contributed by atoms with van der Waals surface area (Å²) in [4.78, 5) is 23.8. The maximum absolute atomic E-state index is 12.2. The highest BCUT2D eigenvalue weighted by Crippen LogP contribution is 2.24. The fourth-order valence-corrected chi connectivity index (χ4v) is 2.31. The summed E-state index contributed by atoms with van der Waals surface area (Å²) in [5, 5.41) is 8.73. The van der Waals surface area contributed by atoms with Crippen molar-refractivity contribution in [2.45, 2.75) is 20.3 Å². The number of nitrogens with one attached hydrogen (secondary N) is 3. The van der Waals surface area contributed by atoms with Gasteiger partial charge in [-0.25, -0.2) is 0 Å². The third-order valence-corrected chi connectivity index (χ3v) is 3.75. The SMILES string of the molecule is CCC(=O)Nc1cccc(NC(=O)CNc2ccccc2OC)c1C. The van der Waals surface area contributed by atoms with Gasteiger partial charge in [-0.1, -0.05) is 25.1 Å². The van der Waals surface area contributed by atoms with E-state index in [9.17, 15) is 9.59 Å². The van der Waals surface area contributed by atoms with Gasteiger partial charge in [-0.2, -0.15) is 0 Å². The molecule has 0 aliphatic carbocycles. The molecule has 0 saturated carbocycles. The molecule has 0 aromatic heterocycles. The average molecular weight is 341 g/mol. The number of amides is 2. The zero-order chi connectivity index (χ0) is 18.2. The normalized spacial score (nSPS) is 10.0. The van der Waals surface area contributed by atoms with Gasteiger partial charge < -0.3 is 20.7 Å². The predicted octanol–water partition coefficient (Wildman–Crippen LogP) is 3.40. The molecule has 0 atom stereocenters. The molecule has 6 heteroatoms. The molecule has 0 heterocycles. The van der Waals surface area contributed by atoms with E-state index in [-0.39, 0.29) is 18.4 Å². The Morgan fingerprint density at radius 2 is 1.52 bits per heavy atom. The van der Waals surface area contributed by atoms with Crippen LogP contribution in [0.15, 0.2) is 42.5 Å². The first-order valence-corrected chi connectivity index (χ1v) is 8.11. The maximum atomic E-state index is 12.2. The predicted molar refractivity (Wildman–Crippen MR) is 100 cm³/mol. The van der Waals surface area contributed by atoms with E-state index in [2.05, 4.69) is 16.0 Å². The lowest BCUT2D eigenvalue weighted by Crippen LogP contribution is -2.22. The molecule has 2 rings (SSSR count). The van der Waals surface area contributed by atoms with E-state index in [0.29, 0.717) is 23.5 Å². The Balaban J connectivity index is 2.01. The molecule has 2 aromatic rings. The van der Waals surface area contributed by atoms with Crippen LogP contribution in [-0.2, 0) is 9.59 Å². The van der Waals surface area contributed by atoms with Crippen LogP contribution >= 0.6 is 0 Å². The van der Waals surface area contributed by atoms with E-state index in [1.54, 1.807) is 26.2 Å². The summed E-state index contributed by atoms with van der Waals surface area (Å²) in [6.07, 6.45) is 0.402. The number of hydrogen-bond donors (Lipinski definition) is 3. The number of anilines is 3. The molecule has 0 saturated heterocycles. The van der Waals surface area contributed by atoms with Gasteiger partial charge in [0.15, 0.2) is 0 Å². The van der Waals surface area contributed by atoms with E-state index in [1.807, 2.05) is 37.3 Å². The molecular weight excluding hydrogens is 318 g/mol. The van der Waals surface area contributed by atoms with E-state index in [0.717, 1.165) is 11.3 Å². The summed E-state index contributed by atoms with van der Waals surface area (Å²) in [6.45, 7) is 3.75. The second-order valence-electron chi connectivity index (χ2n) is 5.48. The highest BCUT2D eigenvalue weighted by Gasteiger charge is 2.10. The van der Waals surface area contributed by atoms with Gasteiger partial charge in [-0.05, 0) is 36.8 Å². The topological polar surface area (TPSA) is 79.5 Å². The van der Waals surface area contributed by atoms with Crippen molar-refractivity contribution in [2.24, 2.45) is 0 Å². The Morgan fingerprint density at radius 3 is 2.16 bits per heavy atom. The molecule has 3 N–H and O–H groups in total. The number of benzene rings is 2. The summed E-state index contributed by atoms with van der Waals surface area (Å²) in [7, 11) is 1.58. The number of rotatable bonds is 7. The minimum atomic E-state index is -0.187. The monoisotopic (exact) mass is 341 g/mol. The van der Waals surface area contributed by atoms with E-state index < -0.39 is 0 Å². The lowest BCUT2D eigenvalue weighted by Gasteiger charge is -2.14. The van der Waals surface area contributed by atoms with Crippen LogP contribution in [-0.4, -0.2) is 25.5 Å². The van der Waals surface area contributed by atoms with E-state index >= 15 is 0 Å². The maximum Gasteiger partial charge on any atom is 0.243 e. The number of carbonyl (C=O) groups is 2. The zero-order valence-electron chi connectivity index (χ0n) is 14.7. The first kappa shape index (κ1) is 18.3. The van der Waals surface area contributed by atoms with Crippen molar-refractivity contribution < 1.29 is 14.3 Å². The molecule has 0 unspecified atom stereocenters. The van der Waals surface area contributed by atoms with Crippen LogP contribution in [0.4, 0.5) is 17.1 Å². The van der Waals surface area contributed by atoms with Gasteiger partial charge in [0.2, 0.25) is 11.8 Å². The van der Waals surface area contributed by atoms with Crippen molar-refractivity contribution in [1.82, 2.24) is 0 Å². The molecule has 25 heavy (non-hydrogen) atoms. The second kappa shape index (κ2) is 8.73. The largest absolute Gasteiger partial charge is 0.495 e. The highest BCUT2D eigenvalue weighted by molar-refractivity contribution is 5.97. The lowest BCUT2D eigenvalue weighted by atomic mass is 10.1. The van der Waals surface area contributed by atoms with Gasteiger partial charge in [0.05, 0.1) is 19.3 Å². The minimum absolute atomic E-state index is 0.0654.